The van der Waals surface area contributed by atoms with Gasteiger partial charge in [-0.2, -0.15) is 18.2 Å². The molecule has 2 aliphatic rings. The highest BCUT2D eigenvalue weighted by atomic mass is 32.2. The Morgan fingerprint density at radius 2 is 1.81 bits per heavy atom. The second-order valence-electron chi connectivity index (χ2n) is 11.9. The van der Waals surface area contributed by atoms with E-state index in [1.807, 2.05) is 0 Å². The molecule has 1 aliphatic heterocycles. The Bertz CT molecular complexity index is 2150. The van der Waals surface area contributed by atoms with E-state index >= 15 is 4.39 Å². The summed E-state index contributed by atoms with van der Waals surface area (Å²) in [7, 11) is -4.05. The second-order valence-corrected chi connectivity index (χ2v) is 13.9. The molecule has 1 saturated carbocycles. The number of aromatic nitrogens is 4. The van der Waals surface area contributed by atoms with Gasteiger partial charge in [0.05, 0.1) is 21.7 Å². The van der Waals surface area contributed by atoms with Crippen molar-refractivity contribution >= 4 is 32.6 Å². The van der Waals surface area contributed by atoms with Crippen LogP contribution in [0.5, 0.6) is 0 Å². The van der Waals surface area contributed by atoms with Crippen LogP contribution in [0.25, 0.3) is 28.0 Å². The number of anilines is 1. The number of carbonyl (C=O) groups is 1. The molecule has 1 atom stereocenters. The molecule has 0 spiro atoms. The Hall–Kier alpha value is -4.73. The zero-order valence-corrected chi connectivity index (χ0v) is 26.6. The molecule has 2 fully saturated rings. The first-order chi connectivity index (χ1) is 22.6. The Morgan fingerprint density at radius 1 is 1.08 bits per heavy atom. The van der Waals surface area contributed by atoms with E-state index in [1.54, 1.807) is 11.8 Å². The first-order valence-corrected chi connectivity index (χ1v) is 16.9. The summed E-state index contributed by atoms with van der Waals surface area (Å²) in [6, 6.07) is 3.98. The molecule has 3 aromatic heterocycles. The topological polar surface area (TPSA) is 118 Å². The van der Waals surface area contributed by atoms with E-state index in [4.69, 9.17) is 0 Å². The monoisotopic (exact) mass is 688 g/mol. The average Bonchev–Trinajstić information content (AvgIpc) is 2.98. The minimum absolute atomic E-state index is 0.0762. The molecule has 0 radical (unpaired) electrons. The number of carbonyl (C=O) groups excluding carboxylic acids is 1. The van der Waals surface area contributed by atoms with Crippen LogP contribution >= 0.6 is 0 Å². The number of sulfone groups is 1. The molecule has 10 nitrogen and oxygen atoms in total. The number of amides is 1. The fraction of sp³-hybridized carbons (Fsp3) is 0.344. The molecule has 4 heterocycles. The third kappa shape index (κ3) is 5.71. The van der Waals surface area contributed by atoms with Crippen LogP contribution in [0, 0.1) is 11.6 Å². The Kier molecular flexibility index (Phi) is 8.34. The smallest absolute Gasteiger partial charge is 0.350 e. The van der Waals surface area contributed by atoms with E-state index in [0.717, 1.165) is 41.5 Å². The van der Waals surface area contributed by atoms with Gasteiger partial charge < -0.3 is 9.80 Å². The van der Waals surface area contributed by atoms with Crippen molar-refractivity contribution in [2.45, 2.75) is 49.2 Å². The van der Waals surface area contributed by atoms with Crippen LogP contribution in [0.4, 0.5) is 27.8 Å². The van der Waals surface area contributed by atoms with Gasteiger partial charge in [0.1, 0.15) is 28.7 Å². The number of pyridine rings is 2. The Morgan fingerprint density at radius 3 is 2.42 bits per heavy atom. The maximum absolute atomic E-state index is 16.1. The summed E-state index contributed by atoms with van der Waals surface area (Å²) in [6.45, 7) is 5.72. The van der Waals surface area contributed by atoms with Gasteiger partial charge in [-0.1, -0.05) is 25.1 Å². The molecule has 0 unspecified atom stereocenters. The minimum atomic E-state index is -5.24. The molecule has 1 amide bonds. The van der Waals surface area contributed by atoms with E-state index in [1.165, 1.54) is 17.2 Å². The number of halogens is 5. The number of alkyl halides is 3. The summed E-state index contributed by atoms with van der Waals surface area (Å²) < 4.78 is 100. The van der Waals surface area contributed by atoms with Crippen molar-refractivity contribution in [3.63, 3.8) is 0 Å². The molecule has 252 valence electrons. The number of rotatable bonds is 6. The molecule has 16 heteroatoms. The van der Waals surface area contributed by atoms with Crippen molar-refractivity contribution in [1.82, 2.24) is 24.4 Å². The summed E-state index contributed by atoms with van der Waals surface area (Å²) in [5.41, 5.74) is -5.00. The molecular weight excluding hydrogens is 659 g/mol. The van der Waals surface area contributed by atoms with Gasteiger partial charge in [0.25, 0.3) is 0 Å². The molecule has 6 rings (SSSR count). The van der Waals surface area contributed by atoms with E-state index in [0.29, 0.717) is 18.9 Å². The molecule has 0 bridgehead atoms. The minimum Gasteiger partial charge on any atom is -0.350 e. The van der Waals surface area contributed by atoms with Crippen molar-refractivity contribution < 1.29 is 35.2 Å². The Labute approximate surface area is 271 Å². The summed E-state index contributed by atoms with van der Waals surface area (Å²) in [5.74, 6) is -3.58. The van der Waals surface area contributed by atoms with Gasteiger partial charge in [0.15, 0.2) is 15.5 Å². The van der Waals surface area contributed by atoms with E-state index < -0.39 is 61.8 Å². The zero-order valence-electron chi connectivity index (χ0n) is 25.8. The molecular formula is C32H29F5N6O4S. The van der Waals surface area contributed by atoms with Crippen LogP contribution in [-0.4, -0.2) is 70.7 Å². The highest BCUT2D eigenvalue weighted by molar-refractivity contribution is 7.90. The summed E-state index contributed by atoms with van der Waals surface area (Å²) in [6.07, 6.45) is 0.201. The van der Waals surface area contributed by atoms with E-state index in [2.05, 4.69) is 21.5 Å². The van der Waals surface area contributed by atoms with Crippen molar-refractivity contribution in [1.29, 1.82) is 0 Å². The van der Waals surface area contributed by atoms with Crippen molar-refractivity contribution in [2.75, 3.05) is 30.8 Å². The third-order valence-corrected chi connectivity index (χ3v) is 9.90. The van der Waals surface area contributed by atoms with E-state index in [-0.39, 0.29) is 58.9 Å². The zero-order chi connectivity index (χ0) is 34.7. The van der Waals surface area contributed by atoms with Gasteiger partial charge in [-0.15, -0.1) is 0 Å². The SMILES string of the molecule is C=CC(=O)N1CCN(c2nc(=O)n(-c3c(S(C)(=O)=O)ccnc3C3CCC3)c3nc(-c4cccc(F)c4C(F)(F)F)c(F)cc23)[C@@H](C)C1. The van der Waals surface area contributed by atoms with Gasteiger partial charge in [-0.3, -0.25) is 9.78 Å². The maximum atomic E-state index is 16.1. The standard InChI is InChI=1S/C32H29F5N6O4S/c1-4-24(44)41-13-14-42(17(2)16-41)29-20-15-22(34)27(19-9-6-10-21(33)25(19)32(35,36)37)39-30(20)43(31(45)40-29)28-23(48(3,46)47)11-12-38-26(28)18-7-5-8-18/h4,6,9-12,15,17-18H,1,5,7-8,13-14,16H2,2-3H3/t17-/m0/s1. The van der Waals surface area contributed by atoms with Gasteiger partial charge in [-0.05, 0) is 44.0 Å². The summed E-state index contributed by atoms with van der Waals surface area (Å²) >= 11 is 0. The maximum Gasteiger partial charge on any atom is 0.419 e. The lowest BCUT2D eigenvalue weighted by Gasteiger charge is -2.40. The van der Waals surface area contributed by atoms with Crippen LogP contribution < -0.4 is 10.6 Å². The number of hydrogen-bond acceptors (Lipinski definition) is 8. The largest absolute Gasteiger partial charge is 0.419 e. The molecule has 0 N–H and O–H groups in total. The number of fused-ring (bicyclic) bond motifs is 1. The van der Waals surface area contributed by atoms with Crippen molar-refractivity contribution in [3.8, 4) is 16.9 Å². The normalized spacial score (nSPS) is 17.4. The lowest BCUT2D eigenvalue weighted by Crippen LogP contribution is -2.54. The molecule has 1 aromatic carbocycles. The van der Waals surface area contributed by atoms with Crippen LogP contribution in [0.15, 0.2) is 58.9 Å². The fourth-order valence-corrected chi connectivity index (χ4v) is 7.14. The third-order valence-electron chi connectivity index (χ3n) is 8.77. The van der Waals surface area contributed by atoms with Gasteiger partial charge in [0, 0.05) is 49.6 Å². The molecule has 1 saturated heterocycles. The van der Waals surface area contributed by atoms with Crippen LogP contribution in [0.2, 0.25) is 0 Å². The number of benzene rings is 1. The first kappa shape index (κ1) is 33.2. The molecule has 4 aromatic rings. The first-order valence-electron chi connectivity index (χ1n) is 15.0. The molecule has 48 heavy (non-hydrogen) atoms. The predicted octanol–water partition coefficient (Wildman–Crippen LogP) is 5.03. The van der Waals surface area contributed by atoms with E-state index in [9.17, 15) is 35.6 Å². The number of nitrogens with zero attached hydrogens (tertiary/aromatic N) is 6. The lowest BCUT2D eigenvalue weighted by molar-refractivity contribution is -0.139. The summed E-state index contributed by atoms with van der Waals surface area (Å²) in [5, 5.41) is -0.126. The van der Waals surface area contributed by atoms with Crippen LogP contribution in [-0.2, 0) is 20.8 Å². The van der Waals surface area contributed by atoms with Gasteiger partial charge >= 0.3 is 11.9 Å². The predicted molar refractivity (Wildman–Crippen MR) is 167 cm³/mol. The van der Waals surface area contributed by atoms with Crippen molar-refractivity contribution in [3.05, 3.63) is 82.6 Å². The van der Waals surface area contributed by atoms with Crippen LogP contribution in [0.1, 0.15) is 43.4 Å². The van der Waals surface area contributed by atoms with Gasteiger partial charge in [-0.25, -0.2) is 31.5 Å². The highest BCUT2D eigenvalue weighted by Crippen LogP contribution is 2.42. The lowest BCUT2D eigenvalue weighted by atomic mass is 9.82. The quantitative estimate of drug-likeness (QED) is 0.205. The van der Waals surface area contributed by atoms with Crippen molar-refractivity contribution in [2.24, 2.45) is 0 Å². The van der Waals surface area contributed by atoms with Gasteiger partial charge in [0.2, 0.25) is 5.91 Å². The summed E-state index contributed by atoms with van der Waals surface area (Å²) in [4.78, 5) is 42.2. The fourth-order valence-electron chi connectivity index (χ4n) is 6.28. The highest BCUT2D eigenvalue weighted by Gasteiger charge is 2.39. The number of hydrogen-bond donors (Lipinski definition) is 0. The second kappa shape index (κ2) is 12.1. The average molecular weight is 689 g/mol. The Balaban J connectivity index is 1.71. The van der Waals surface area contributed by atoms with Crippen LogP contribution in [0.3, 0.4) is 0 Å². The molecule has 1 aliphatic carbocycles. The number of piperazine rings is 1.